The summed E-state index contributed by atoms with van der Waals surface area (Å²) in [4.78, 5) is 34.3. The normalized spacial score (nSPS) is 18.2. The van der Waals surface area contributed by atoms with Crippen LogP contribution < -0.4 is 5.32 Å². The second-order valence-corrected chi connectivity index (χ2v) is 8.92. The average molecular weight is 451 g/mol. The van der Waals surface area contributed by atoms with Crippen LogP contribution in [0.3, 0.4) is 0 Å². The molecule has 1 N–H and O–H groups in total. The number of hydrogen-bond donors (Lipinski definition) is 1. The molecule has 1 atom stereocenters. The van der Waals surface area contributed by atoms with Gasteiger partial charge in [-0.25, -0.2) is 0 Å². The lowest BCUT2D eigenvalue weighted by Crippen LogP contribution is -2.58. The van der Waals surface area contributed by atoms with E-state index >= 15 is 0 Å². The topological polar surface area (TPSA) is 74.8 Å². The van der Waals surface area contributed by atoms with Gasteiger partial charge in [0.05, 0.1) is 24.9 Å². The number of nitrogens with one attached hydrogen (secondary N) is 1. The maximum Gasteiger partial charge on any atom is 0.248 e. The van der Waals surface area contributed by atoms with Gasteiger partial charge in [-0.15, -0.1) is 0 Å². The predicted molar refractivity (Wildman–Crippen MR) is 126 cm³/mol. The fraction of sp³-hybridized carbons (Fsp3) is 0.500. The molecule has 0 bridgehead atoms. The Morgan fingerprint density at radius 3 is 2.42 bits per heavy atom. The minimum atomic E-state index is -0.136. The smallest absolute Gasteiger partial charge is 0.248 e. The molecule has 33 heavy (non-hydrogen) atoms. The van der Waals surface area contributed by atoms with Crippen molar-refractivity contribution in [2.45, 2.75) is 44.9 Å². The predicted octanol–water partition coefficient (Wildman–Crippen LogP) is 2.62. The molecule has 1 aliphatic carbocycles. The fourth-order valence-electron chi connectivity index (χ4n) is 4.91. The summed E-state index contributed by atoms with van der Waals surface area (Å²) in [6.07, 6.45) is 6.30. The van der Waals surface area contributed by atoms with Gasteiger partial charge in [-0.3, -0.25) is 19.5 Å². The van der Waals surface area contributed by atoms with Crippen molar-refractivity contribution in [3.05, 3.63) is 66.0 Å². The van der Waals surface area contributed by atoms with Gasteiger partial charge in [-0.1, -0.05) is 49.2 Å². The monoisotopic (exact) mass is 450 g/mol. The first-order valence-electron chi connectivity index (χ1n) is 12.0. The second kappa shape index (κ2) is 11.9. The van der Waals surface area contributed by atoms with Gasteiger partial charge in [0.15, 0.2) is 0 Å². The summed E-state index contributed by atoms with van der Waals surface area (Å²) in [5, 5.41) is 3.11. The Balaban J connectivity index is 1.27. The number of carbonyl (C=O) groups is 2. The van der Waals surface area contributed by atoms with Gasteiger partial charge in [0.25, 0.3) is 0 Å². The van der Waals surface area contributed by atoms with Crippen LogP contribution in [0.5, 0.6) is 0 Å². The van der Waals surface area contributed by atoms with Crippen molar-refractivity contribution in [3.63, 3.8) is 0 Å². The molecule has 7 heteroatoms. The van der Waals surface area contributed by atoms with Gasteiger partial charge < -0.3 is 15.0 Å². The van der Waals surface area contributed by atoms with Crippen LogP contribution in [0, 0.1) is 5.92 Å². The van der Waals surface area contributed by atoms with Crippen LogP contribution in [0.25, 0.3) is 0 Å². The van der Waals surface area contributed by atoms with E-state index in [0.717, 1.165) is 24.1 Å². The molecule has 2 aromatic rings. The fourth-order valence-corrected chi connectivity index (χ4v) is 4.91. The highest BCUT2D eigenvalue weighted by atomic mass is 16.5. The summed E-state index contributed by atoms with van der Waals surface area (Å²) in [6.45, 7) is 3.65. The molecule has 1 aromatic heterocycles. The summed E-state index contributed by atoms with van der Waals surface area (Å²) >= 11 is 0. The molecular weight excluding hydrogens is 416 g/mol. The van der Waals surface area contributed by atoms with Crippen LogP contribution in [0.15, 0.2) is 54.7 Å². The van der Waals surface area contributed by atoms with Crippen LogP contribution in [-0.4, -0.2) is 65.4 Å². The standard InChI is InChI=1S/C26H34N4O3/c31-24(20-33-19-21-8-2-1-3-9-21)29-14-16-30(17-15-29)25(22-10-4-5-11-22)26(32)28-18-23-12-6-7-13-27-23/h1-3,6-9,12-13,22,25H,4-5,10-11,14-20H2,(H,28,32). The summed E-state index contributed by atoms with van der Waals surface area (Å²) in [7, 11) is 0. The molecule has 0 spiro atoms. The Labute approximate surface area is 196 Å². The first-order chi connectivity index (χ1) is 16.2. The number of rotatable bonds is 9. The van der Waals surface area contributed by atoms with E-state index in [0.29, 0.717) is 45.2 Å². The van der Waals surface area contributed by atoms with Crippen LogP contribution in [-0.2, 0) is 27.5 Å². The first kappa shape index (κ1) is 23.4. The lowest BCUT2D eigenvalue weighted by molar-refractivity contribution is -0.139. The van der Waals surface area contributed by atoms with Crippen molar-refractivity contribution in [1.82, 2.24) is 20.1 Å². The first-order valence-corrected chi connectivity index (χ1v) is 12.0. The van der Waals surface area contributed by atoms with E-state index in [1.165, 1.54) is 12.8 Å². The van der Waals surface area contributed by atoms with Gasteiger partial charge in [-0.05, 0) is 36.5 Å². The van der Waals surface area contributed by atoms with Crippen molar-refractivity contribution in [2.24, 2.45) is 5.92 Å². The number of piperazine rings is 1. The number of ether oxygens (including phenoxy) is 1. The van der Waals surface area contributed by atoms with E-state index in [4.69, 9.17) is 4.74 Å². The molecule has 2 amide bonds. The largest absolute Gasteiger partial charge is 0.367 e. The molecular formula is C26H34N4O3. The lowest BCUT2D eigenvalue weighted by atomic mass is 9.95. The molecule has 2 fully saturated rings. The third kappa shape index (κ3) is 6.62. The van der Waals surface area contributed by atoms with Crippen LogP contribution in [0.4, 0.5) is 0 Å². The van der Waals surface area contributed by atoms with Gasteiger partial charge in [0, 0.05) is 32.4 Å². The zero-order valence-electron chi connectivity index (χ0n) is 19.2. The molecule has 1 aliphatic heterocycles. The molecule has 2 aliphatic rings. The maximum absolute atomic E-state index is 13.2. The van der Waals surface area contributed by atoms with Gasteiger partial charge in [0.1, 0.15) is 6.61 Å². The highest BCUT2D eigenvalue weighted by molar-refractivity contribution is 5.82. The van der Waals surface area contributed by atoms with E-state index in [-0.39, 0.29) is 24.5 Å². The summed E-state index contributed by atoms with van der Waals surface area (Å²) in [5.41, 5.74) is 1.92. The quantitative estimate of drug-likeness (QED) is 0.636. The van der Waals surface area contributed by atoms with Crippen molar-refractivity contribution in [2.75, 3.05) is 32.8 Å². The summed E-state index contributed by atoms with van der Waals surface area (Å²) < 4.78 is 5.63. The number of nitrogens with zero attached hydrogens (tertiary/aromatic N) is 3. The number of pyridine rings is 1. The van der Waals surface area contributed by atoms with Crippen LogP contribution in [0.1, 0.15) is 36.9 Å². The van der Waals surface area contributed by atoms with Crippen molar-refractivity contribution in [3.8, 4) is 0 Å². The number of aromatic nitrogens is 1. The third-order valence-corrected chi connectivity index (χ3v) is 6.68. The number of carbonyl (C=O) groups excluding carboxylic acids is 2. The zero-order chi connectivity index (χ0) is 22.9. The van der Waals surface area contributed by atoms with E-state index in [1.807, 2.05) is 53.4 Å². The van der Waals surface area contributed by atoms with Gasteiger partial charge >= 0.3 is 0 Å². The number of amides is 2. The molecule has 1 saturated carbocycles. The highest BCUT2D eigenvalue weighted by Crippen LogP contribution is 2.31. The molecule has 2 heterocycles. The van der Waals surface area contributed by atoms with E-state index in [1.54, 1.807) is 6.20 Å². The van der Waals surface area contributed by atoms with Crippen LogP contribution in [0.2, 0.25) is 0 Å². The molecule has 1 aromatic carbocycles. The SMILES string of the molecule is O=C(NCc1ccccn1)C(C1CCCC1)N1CCN(C(=O)COCc2ccccc2)CC1. The van der Waals surface area contributed by atoms with E-state index in [9.17, 15) is 9.59 Å². The molecule has 176 valence electrons. The average Bonchev–Trinajstić information content (AvgIpc) is 3.39. The highest BCUT2D eigenvalue weighted by Gasteiger charge is 2.37. The van der Waals surface area contributed by atoms with Gasteiger partial charge in [-0.2, -0.15) is 0 Å². The zero-order valence-corrected chi connectivity index (χ0v) is 19.2. The van der Waals surface area contributed by atoms with Crippen molar-refractivity contribution >= 4 is 11.8 Å². The number of hydrogen-bond acceptors (Lipinski definition) is 5. The molecule has 7 nitrogen and oxygen atoms in total. The van der Waals surface area contributed by atoms with Crippen molar-refractivity contribution < 1.29 is 14.3 Å². The van der Waals surface area contributed by atoms with Gasteiger partial charge in [0.2, 0.25) is 11.8 Å². The van der Waals surface area contributed by atoms with E-state index < -0.39 is 0 Å². The second-order valence-electron chi connectivity index (χ2n) is 8.92. The molecule has 0 radical (unpaired) electrons. The number of benzene rings is 1. The summed E-state index contributed by atoms with van der Waals surface area (Å²) in [6, 6.07) is 15.5. The Hall–Kier alpha value is -2.77. The van der Waals surface area contributed by atoms with Crippen LogP contribution >= 0.6 is 0 Å². The van der Waals surface area contributed by atoms with Crippen molar-refractivity contribution in [1.29, 1.82) is 0 Å². The minimum absolute atomic E-state index is 0.0163. The maximum atomic E-state index is 13.2. The molecule has 1 unspecified atom stereocenters. The Morgan fingerprint density at radius 1 is 1.00 bits per heavy atom. The summed E-state index contributed by atoms with van der Waals surface area (Å²) in [5.74, 6) is 0.478. The van der Waals surface area contributed by atoms with E-state index in [2.05, 4.69) is 15.2 Å². The Bertz CT molecular complexity index is 879. The molecule has 4 rings (SSSR count). The third-order valence-electron chi connectivity index (χ3n) is 6.68. The minimum Gasteiger partial charge on any atom is -0.367 e. The Morgan fingerprint density at radius 2 is 1.73 bits per heavy atom. The molecule has 1 saturated heterocycles. The lowest BCUT2D eigenvalue weighted by Gasteiger charge is -2.40. The Kier molecular flexibility index (Phi) is 8.44.